The summed E-state index contributed by atoms with van der Waals surface area (Å²) in [6.45, 7) is 6.43. The number of hydrogen-bond acceptors (Lipinski definition) is 4. The summed E-state index contributed by atoms with van der Waals surface area (Å²) in [6.07, 6.45) is 0.138. The van der Waals surface area contributed by atoms with Crippen molar-refractivity contribution in [3.63, 3.8) is 0 Å². The van der Waals surface area contributed by atoms with Crippen molar-refractivity contribution in [1.29, 1.82) is 0 Å². The fourth-order valence-electron chi connectivity index (χ4n) is 3.18. The van der Waals surface area contributed by atoms with E-state index in [0.29, 0.717) is 0 Å². The number of piperazine rings is 1. The van der Waals surface area contributed by atoms with Crippen molar-refractivity contribution in [2.45, 2.75) is 19.4 Å². The molecule has 0 aliphatic carbocycles. The highest BCUT2D eigenvalue weighted by Gasteiger charge is 2.43. The van der Waals surface area contributed by atoms with Crippen molar-refractivity contribution in [1.82, 2.24) is 9.80 Å². The standard InChI is InChI=1S/C16H20FN3O2/c1-2-18-7-9-19(10-8-18)14-11-15(21)20(16(14)22)13-6-4-3-5-12(13)17/h3-6,14H,2,7-11H2,1H3. The number of anilines is 1. The second-order valence-electron chi connectivity index (χ2n) is 5.71. The van der Waals surface area contributed by atoms with Gasteiger partial charge in [0, 0.05) is 26.2 Å². The van der Waals surface area contributed by atoms with Crippen LogP contribution in [0, 0.1) is 5.82 Å². The monoisotopic (exact) mass is 305 g/mol. The smallest absolute Gasteiger partial charge is 0.251 e. The van der Waals surface area contributed by atoms with E-state index in [1.54, 1.807) is 12.1 Å². The number of halogens is 1. The Balaban J connectivity index is 1.76. The Morgan fingerprint density at radius 1 is 1.14 bits per heavy atom. The molecule has 2 amide bonds. The van der Waals surface area contributed by atoms with Gasteiger partial charge in [-0.15, -0.1) is 0 Å². The highest BCUT2D eigenvalue weighted by Crippen LogP contribution is 2.28. The molecule has 118 valence electrons. The van der Waals surface area contributed by atoms with E-state index in [2.05, 4.69) is 11.8 Å². The van der Waals surface area contributed by atoms with E-state index in [1.165, 1.54) is 12.1 Å². The zero-order valence-electron chi connectivity index (χ0n) is 12.7. The molecule has 2 aliphatic rings. The fourth-order valence-corrected chi connectivity index (χ4v) is 3.18. The predicted molar refractivity (Wildman–Crippen MR) is 81.0 cm³/mol. The maximum absolute atomic E-state index is 13.9. The molecule has 3 rings (SSSR count). The lowest BCUT2D eigenvalue weighted by Gasteiger charge is -2.36. The molecule has 1 aromatic rings. The first-order chi connectivity index (χ1) is 10.6. The van der Waals surface area contributed by atoms with Crippen LogP contribution in [0.3, 0.4) is 0 Å². The van der Waals surface area contributed by atoms with Gasteiger partial charge in [0.05, 0.1) is 18.2 Å². The SMILES string of the molecule is CCN1CCN(C2CC(=O)N(c3ccccc3F)C2=O)CC1. The zero-order valence-corrected chi connectivity index (χ0v) is 12.7. The number of benzene rings is 1. The largest absolute Gasteiger partial charge is 0.301 e. The Bertz CT molecular complexity index is 585. The third kappa shape index (κ3) is 2.64. The molecule has 2 fully saturated rings. The van der Waals surface area contributed by atoms with Crippen LogP contribution < -0.4 is 4.90 Å². The number of carbonyl (C=O) groups is 2. The Morgan fingerprint density at radius 3 is 2.45 bits per heavy atom. The summed E-state index contributed by atoms with van der Waals surface area (Å²) in [5.74, 6) is -1.17. The molecule has 2 aliphatic heterocycles. The molecule has 0 saturated carbocycles. The summed E-state index contributed by atoms with van der Waals surface area (Å²) in [7, 11) is 0. The normalized spacial score (nSPS) is 24.3. The number of likely N-dealkylation sites (N-methyl/N-ethyl adjacent to an activating group) is 1. The Morgan fingerprint density at radius 2 is 1.82 bits per heavy atom. The summed E-state index contributed by atoms with van der Waals surface area (Å²) in [5, 5.41) is 0. The second kappa shape index (κ2) is 6.14. The number of hydrogen-bond donors (Lipinski definition) is 0. The van der Waals surface area contributed by atoms with Gasteiger partial charge in [0.1, 0.15) is 5.82 Å². The highest BCUT2D eigenvalue weighted by molar-refractivity contribution is 6.22. The van der Waals surface area contributed by atoms with Crippen LogP contribution in [0.4, 0.5) is 10.1 Å². The second-order valence-corrected chi connectivity index (χ2v) is 5.71. The van der Waals surface area contributed by atoms with E-state index >= 15 is 0 Å². The van der Waals surface area contributed by atoms with Gasteiger partial charge in [0.25, 0.3) is 5.91 Å². The summed E-state index contributed by atoms with van der Waals surface area (Å²) in [6, 6.07) is 5.47. The lowest BCUT2D eigenvalue weighted by atomic mass is 10.1. The Hall–Kier alpha value is -1.79. The van der Waals surface area contributed by atoms with E-state index in [9.17, 15) is 14.0 Å². The third-order valence-corrected chi connectivity index (χ3v) is 4.51. The van der Waals surface area contributed by atoms with Crippen molar-refractivity contribution >= 4 is 17.5 Å². The minimum Gasteiger partial charge on any atom is -0.301 e. The summed E-state index contributed by atoms with van der Waals surface area (Å²) in [5.41, 5.74) is 0.0622. The van der Waals surface area contributed by atoms with E-state index in [4.69, 9.17) is 0 Å². The van der Waals surface area contributed by atoms with Crippen LogP contribution in [0.2, 0.25) is 0 Å². The van der Waals surface area contributed by atoms with Gasteiger partial charge >= 0.3 is 0 Å². The molecule has 0 N–H and O–H groups in total. The van der Waals surface area contributed by atoms with Gasteiger partial charge in [-0.3, -0.25) is 14.5 Å². The Kier molecular flexibility index (Phi) is 4.22. The minimum atomic E-state index is -0.541. The first-order valence-corrected chi connectivity index (χ1v) is 7.69. The molecule has 0 radical (unpaired) electrons. The first-order valence-electron chi connectivity index (χ1n) is 7.69. The van der Waals surface area contributed by atoms with Crippen molar-refractivity contribution in [3.8, 4) is 0 Å². The zero-order chi connectivity index (χ0) is 15.7. The van der Waals surface area contributed by atoms with Gasteiger partial charge in [-0.05, 0) is 18.7 Å². The molecule has 0 spiro atoms. The number of imide groups is 1. The molecular weight excluding hydrogens is 285 g/mol. The molecule has 6 heteroatoms. The molecule has 5 nitrogen and oxygen atoms in total. The van der Waals surface area contributed by atoms with E-state index in [1.807, 2.05) is 4.90 Å². The molecule has 22 heavy (non-hydrogen) atoms. The molecule has 0 aromatic heterocycles. The van der Waals surface area contributed by atoms with Gasteiger partial charge in [-0.25, -0.2) is 9.29 Å². The number of nitrogens with zero attached hydrogens (tertiary/aromatic N) is 3. The van der Waals surface area contributed by atoms with Crippen molar-refractivity contribution in [2.75, 3.05) is 37.6 Å². The third-order valence-electron chi connectivity index (χ3n) is 4.51. The average molecular weight is 305 g/mol. The lowest BCUT2D eigenvalue weighted by Crippen LogP contribution is -2.52. The highest BCUT2D eigenvalue weighted by atomic mass is 19.1. The topological polar surface area (TPSA) is 43.9 Å². The summed E-state index contributed by atoms with van der Waals surface area (Å²) in [4.78, 5) is 30.2. The number of carbonyl (C=O) groups excluding carboxylic acids is 2. The van der Waals surface area contributed by atoms with Crippen LogP contribution >= 0.6 is 0 Å². The van der Waals surface area contributed by atoms with E-state index in [-0.39, 0.29) is 23.9 Å². The van der Waals surface area contributed by atoms with Crippen LogP contribution in [0.15, 0.2) is 24.3 Å². The van der Waals surface area contributed by atoms with Gasteiger partial charge in [0.2, 0.25) is 5.91 Å². The van der Waals surface area contributed by atoms with Crippen molar-refractivity contribution in [3.05, 3.63) is 30.1 Å². The van der Waals surface area contributed by atoms with Gasteiger partial charge in [0.15, 0.2) is 0 Å². The molecule has 1 aromatic carbocycles. The number of para-hydroxylation sites is 1. The van der Waals surface area contributed by atoms with Crippen molar-refractivity contribution in [2.24, 2.45) is 0 Å². The van der Waals surface area contributed by atoms with Crippen molar-refractivity contribution < 1.29 is 14.0 Å². The molecule has 1 unspecified atom stereocenters. The van der Waals surface area contributed by atoms with E-state index < -0.39 is 11.9 Å². The summed E-state index contributed by atoms with van der Waals surface area (Å²) < 4.78 is 13.9. The molecule has 2 saturated heterocycles. The average Bonchev–Trinajstić information content (AvgIpc) is 2.83. The number of rotatable bonds is 3. The molecular formula is C16H20FN3O2. The summed E-state index contributed by atoms with van der Waals surface area (Å²) >= 11 is 0. The minimum absolute atomic E-state index is 0.0622. The maximum atomic E-state index is 13.9. The predicted octanol–water partition coefficient (Wildman–Crippen LogP) is 1.10. The quantitative estimate of drug-likeness (QED) is 0.784. The van der Waals surface area contributed by atoms with Crippen LogP contribution in [0.1, 0.15) is 13.3 Å². The first kappa shape index (κ1) is 15.1. The molecule has 2 heterocycles. The van der Waals surface area contributed by atoms with Crippen LogP contribution in [-0.4, -0.2) is 60.4 Å². The molecule has 0 bridgehead atoms. The van der Waals surface area contributed by atoms with E-state index in [0.717, 1.165) is 37.6 Å². The maximum Gasteiger partial charge on any atom is 0.251 e. The van der Waals surface area contributed by atoms with Crippen LogP contribution in [-0.2, 0) is 9.59 Å². The lowest BCUT2D eigenvalue weighted by molar-refractivity contribution is -0.123. The fraction of sp³-hybridized carbons (Fsp3) is 0.500. The number of amides is 2. The van der Waals surface area contributed by atoms with Gasteiger partial charge < -0.3 is 4.90 Å². The van der Waals surface area contributed by atoms with Gasteiger partial charge in [-0.1, -0.05) is 19.1 Å². The Labute approximate surface area is 129 Å². The molecule has 1 atom stereocenters. The van der Waals surface area contributed by atoms with Crippen LogP contribution in [0.25, 0.3) is 0 Å². The van der Waals surface area contributed by atoms with Crippen LogP contribution in [0.5, 0.6) is 0 Å². The van der Waals surface area contributed by atoms with Gasteiger partial charge in [-0.2, -0.15) is 0 Å².